The Hall–Kier alpha value is -2.58. The molecular weight excluding hydrogens is 411 g/mol. The van der Waals surface area contributed by atoms with Crippen molar-refractivity contribution in [3.8, 4) is 6.07 Å². The summed E-state index contributed by atoms with van der Waals surface area (Å²) in [7, 11) is 0. The van der Waals surface area contributed by atoms with Gasteiger partial charge in [0.1, 0.15) is 11.9 Å². The van der Waals surface area contributed by atoms with Gasteiger partial charge in [-0.1, -0.05) is 42.5 Å². The second-order valence-electron chi connectivity index (χ2n) is 8.61. The molecule has 0 bridgehead atoms. The third kappa shape index (κ3) is 6.01. The van der Waals surface area contributed by atoms with Crippen molar-refractivity contribution in [1.29, 1.82) is 5.26 Å². The zero-order valence-electron chi connectivity index (χ0n) is 18.7. The fourth-order valence-corrected chi connectivity index (χ4v) is 4.47. The van der Waals surface area contributed by atoms with Crippen LogP contribution in [0.3, 0.4) is 0 Å². The second-order valence-corrected chi connectivity index (χ2v) is 8.61. The van der Waals surface area contributed by atoms with Crippen LogP contribution in [0.4, 0.5) is 13.2 Å². The molecule has 0 radical (unpaired) electrons. The van der Waals surface area contributed by atoms with Crippen LogP contribution in [0.1, 0.15) is 86.6 Å². The Labute approximate surface area is 188 Å². The van der Waals surface area contributed by atoms with Crippen molar-refractivity contribution in [2.45, 2.75) is 70.5 Å². The van der Waals surface area contributed by atoms with Gasteiger partial charge >= 0.3 is 6.11 Å². The number of alkyl halides is 2. The maximum Gasteiger partial charge on any atom is 0.383 e. The summed E-state index contributed by atoms with van der Waals surface area (Å²) < 4.78 is 48.3. The van der Waals surface area contributed by atoms with E-state index >= 15 is 0 Å². The van der Waals surface area contributed by atoms with Crippen LogP contribution in [0.2, 0.25) is 0 Å². The molecule has 170 valence electrons. The summed E-state index contributed by atoms with van der Waals surface area (Å²) in [5.74, 6) is 0.426. The maximum atomic E-state index is 14.7. The van der Waals surface area contributed by atoms with Crippen LogP contribution in [0.25, 0.3) is 0 Å². The predicted octanol–water partition coefficient (Wildman–Crippen LogP) is 8.15. The van der Waals surface area contributed by atoms with Gasteiger partial charge in [-0.25, -0.2) is 4.39 Å². The number of rotatable bonds is 8. The summed E-state index contributed by atoms with van der Waals surface area (Å²) in [6.07, 6.45) is 6.66. The summed E-state index contributed by atoms with van der Waals surface area (Å²) in [5, 5.41) is 8.81. The van der Waals surface area contributed by atoms with Crippen LogP contribution in [-0.4, -0.2) is 0 Å². The fraction of sp³-hybridized carbons (Fsp3) is 0.444. The Bertz CT molecular complexity index is 954. The Morgan fingerprint density at radius 1 is 1.12 bits per heavy atom. The average Bonchev–Trinajstić information content (AvgIpc) is 2.79. The molecule has 1 fully saturated rings. The normalized spacial score (nSPS) is 20.2. The Morgan fingerprint density at radius 3 is 2.41 bits per heavy atom. The molecule has 2 nitrogen and oxygen atoms in total. The lowest BCUT2D eigenvalue weighted by atomic mass is 9.77. The minimum Gasteiger partial charge on any atom is -0.309 e. The number of benzene rings is 2. The number of allylic oxidation sites excluding steroid dienone is 2. The molecule has 1 unspecified atom stereocenters. The van der Waals surface area contributed by atoms with E-state index in [1.807, 2.05) is 6.92 Å². The van der Waals surface area contributed by atoms with E-state index in [-0.39, 0.29) is 16.7 Å². The lowest BCUT2D eigenvalue weighted by Gasteiger charge is -2.29. The van der Waals surface area contributed by atoms with E-state index in [0.29, 0.717) is 5.92 Å². The van der Waals surface area contributed by atoms with E-state index in [1.54, 1.807) is 18.2 Å². The van der Waals surface area contributed by atoms with Crippen molar-refractivity contribution < 1.29 is 17.9 Å². The third-order valence-corrected chi connectivity index (χ3v) is 6.45. The monoisotopic (exact) mass is 441 g/mol. The first-order valence-corrected chi connectivity index (χ1v) is 11.3. The van der Waals surface area contributed by atoms with Crippen molar-refractivity contribution in [2.75, 3.05) is 0 Å². The van der Waals surface area contributed by atoms with Gasteiger partial charge in [0, 0.05) is 0 Å². The number of hydrogen-bond acceptors (Lipinski definition) is 2. The summed E-state index contributed by atoms with van der Waals surface area (Å²) in [5.41, 5.74) is 1.00. The number of ether oxygens (including phenoxy) is 1. The average molecular weight is 442 g/mol. The van der Waals surface area contributed by atoms with Crippen LogP contribution in [-0.2, 0) is 10.8 Å². The molecule has 0 N–H and O–H groups in total. The van der Waals surface area contributed by atoms with Gasteiger partial charge in [0.25, 0.3) is 0 Å². The van der Waals surface area contributed by atoms with Crippen molar-refractivity contribution in [3.63, 3.8) is 0 Å². The van der Waals surface area contributed by atoms with Gasteiger partial charge in [-0.05, 0) is 87.5 Å². The smallest absolute Gasteiger partial charge is 0.309 e. The van der Waals surface area contributed by atoms with E-state index in [1.165, 1.54) is 50.5 Å². The zero-order valence-corrected chi connectivity index (χ0v) is 18.7. The Morgan fingerprint density at radius 2 is 1.81 bits per heavy atom. The first kappa shape index (κ1) is 24.1. The molecule has 0 saturated heterocycles. The SMILES string of the molecule is C/C=C/CCC1CCC(c2ccc(C(F)(F)OC(C)c3ccc(C#N)c(F)c3)cc2)CC1. The van der Waals surface area contributed by atoms with Crippen LogP contribution >= 0.6 is 0 Å². The molecule has 5 heteroatoms. The summed E-state index contributed by atoms with van der Waals surface area (Å²) in [6, 6.07) is 11.9. The Kier molecular flexibility index (Phi) is 8.15. The number of nitriles is 1. The minimum atomic E-state index is -3.51. The molecular formula is C27H30F3NO. The molecule has 0 aromatic heterocycles. The standard InChI is InChI=1S/C27H30F3NO/c1-3-4-5-6-20-7-9-21(10-8-20)22-13-15-25(16-14-22)27(29,30)32-19(2)23-11-12-24(18-31)26(28)17-23/h3-4,11-17,19-21H,5-10H2,1-2H3/b4-3+. The topological polar surface area (TPSA) is 33.0 Å². The maximum absolute atomic E-state index is 14.7. The largest absolute Gasteiger partial charge is 0.383 e. The molecule has 3 rings (SSSR count). The summed E-state index contributed by atoms with van der Waals surface area (Å²) in [6.45, 7) is 3.49. The lowest BCUT2D eigenvalue weighted by Crippen LogP contribution is -2.21. The molecule has 0 heterocycles. The van der Waals surface area contributed by atoms with Gasteiger partial charge in [0.15, 0.2) is 0 Å². The summed E-state index contributed by atoms with van der Waals surface area (Å²) in [4.78, 5) is 0. The van der Waals surface area contributed by atoms with Crippen LogP contribution in [0, 0.1) is 23.1 Å². The van der Waals surface area contributed by atoms with Gasteiger partial charge in [0.05, 0.1) is 17.2 Å². The van der Waals surface area contributed by atoms with Gasteiger partial charge < -0.3 is 4.74 Å². The van der Waals surface area contributed by atoms with E-state index in [0.717, 1.165) is 36.8 Å². The van der Waals surface area contributed by atoms with Crippen molar-refractivity contribution in [3.05, 3.63) is 82.7 Å². The van der Waals surface area contributed by atoms with Crippen molar-refractivity contribution in [2.24, 2.45) is 5.92 Å². The van der Waals surface area contributed by atoms with E-state index < -0.39 is 18.0 Å². The first-order chi connectivity index (χ1) is 15.3. The molecule has 0 amide bonds. The number of hydrogen-bond donors (Lipinski definition) is 0. The molecule has 1 atom stereocenters. The zero-order chi connectivity index (χ0) is 23.1. The molecule has 2 aromatic rings. The molecule has 1 aliphatic rings. The Balaban J connectivity index is 1.60. The molecule has 0 spiro atoms. The first-order valence-electron chi connectivity index (χ1n) is 11.3. The van der Waals surface area contributed by atoms with Gasteiger partial charge in [-0.2, -0.15) is 14.0 Å². The van der Waals surface area contributed by atoms with Crippen LogP contribution in [0.5, 0.6) is 0 Å². The van der Waals surface area contributed by atoms with Crippen LogP contribution < -0.4 is 0 Å². The highest BCUT2D eigenvalue weighted by Crippen LogP contribution is 2.40. The van der Waals surface area contributed by atoms with Gasteiger partial charge in [-0.3, -0.25) is 0 Å². The second kappa shape index (κ2) is 10.8. The highest BCUT2D eigenvalue weighted by atomic mass is 19.3. The van der Waals surface area contributed by atoms with Crippen molar-refractivity contribution in [1.82, 2.24) is 0 Å². The lowest BCUT2D eigenvalue weighted by molar-refractivity contribution is -0.272. The third-order valence-electron chi connectivity index (χ3n) is 6.45. The van der Waals surface area contributed by atoms with E-state index in [4.69, 9.17) is 10.00 Å². The summed E-state index contributed by atoms with van der Waals surface area (Å²) >= 11 is 0. The number of halogens is 3. The van der Waals surface area contributed by atoms with Crippen molar-refractivity contribution >= 4 is 0 Å². The highest BCUT2D eigenvalue weighted by molar-refractivity contribution is 5.34. The van der Waals surface area contributed by atoms with E-state index in [9.17, 15) is 13.2 Å². The molecule has 0 aliphatic heterocycles. The van der Waals surface area contributed by atoms with Crippen LogP contribution in [0.15, 0.2) is 54.6 Å². The van der Waals surface area contributed by atoms with E-state index in [2.05, 4.69) is 12.2 Å². The molecule has 2 aromatic carbocycles. The van der Waals surface area contributed by atoms with Gasteiger partial charge in [0.2, 0.25) is 0 Å². The number of nitrogens with zero attached hydrogens (tertiary/aromatic N) is 1. The highest BCUT2D eigenvalue weighted by Gasteiger charge is 2.35. The predicted molar refractivity (Wildman–Crippen MR) is 120 cm³/mol. The molecule has 1 aliphatic carbocycles. The molecule has 32 heavy (non-hydrogen) atoms. The fourth-order valence-electron chi connectivity index (χ4n) is 4.47. The van der Waals surface area contributed by atoms with Gasteiger partial charge in [-0.15, -0.1) is 0 Å². The quantitative estimate of drug-likeness (QED) is 0.387. The molecule has 1 saturated carbocycles. The minimum absolute atomic E-state index is 0.130.